The fourth-order valence-electron chi connectivity index (χ4n) is 2.56. The van der Waals surface area contributed by atoms with Crippen LogP contribution in [0.4, 0.5) is 18.9 Å². The van der Waals surface area contributed by atoms with E-state index in [0.29, 0.717) is 10.9 Å². The first-order chi connectivity index (χ1) is 11.7. The molecule has 1 saturated heterocycles. The summed E-state index contributed by atoms with van der Waals surface area (Å²) in [6.45, 7) is 3.40. The van der Waals surface area contributed by atoms with Gasteiger partial charge in [-0.1, -0.05) is 0 Å². The number of hydrogen-bond acceptors (Lipinski definition) is 6. The van der Waals surface area contributed by atoms with Crippen molar-refractivity contribution in [3.8, 4) is 5.75 Å². The molecule has 0 spiro atoms. The number of hydrogen-bond donors (Lipinski definition) is 0. The highest BCUT2D eigenvalue weighted by Gasteiger charge is 2.48. The van der Waals surface area contributed by atoms with Gasteiger partial charge in [0.15, 0.2) is 0 Å². The van der Waals surface area contributed by atoms with Crippen molar-refractivity contribution >= 4 is 26.7 Å². The van der Waals surface area contributed by atoms with E-state index in [9.17, 15) is 21.6 Å². The van der Waals surface area contributed by atoms with Crippen LogP contribution in [0, 0.1) is 0 Å². The maximum absolute atomic E-state index is 12.4. The van der Waals surface area contributed by atoms with Crippen molar-refractivity contribution in [3.05, 3.63) is 30.5 Å². The smallest absolute Gasteiger partial charge is 0.376 e. The van der Waals surface area contributed by atoms with Gasteiger partial charge in [-0.25, -0.2) is 0 Å². The molecule has 1 aromatic carbocycles. The Morgan fingerprint density at radius 3 is 2.44 bits per heavy atom. The Balaban J connectivity index is 1.89. The van der Waals surface area contributed by atoms with E-state index in [4.69, 9.17) is 0 Å². The second-order valence-corrected chi connectivity index (χ2v) is 7.36. The van der Waals surface area contributed by atoms with Crippen LogP contribution in [-0.4, -0.2) is 57.0 Å². The predicted octanol–water partition coefficient (Wildman–Crippen LogP) is 2.21. The van der Waals surface area contributed by atoms with E-state index in [-0.39, 0.29) is 0 Å². The van der Waals surface area contributed by atoms with Gasteiger partial charge in [0, 0.05) is 31.6 Å². The minimum absolute atomic E-state index is 0.401. The van der Waals surface area contributed by atoms with Gasteiger partial charge < -0.3 is 14.0 Å². The predicted molar refractivity (Wildman–Crippen MR) is 87.1 cm³/mol. The topological polar surface area (TPSA) is 62.7 Å². The van der Waals surface area contributed by atoms with Gasteiger partial charge in [0.05, 0.1) is 17.4 Å². The summed E-state index contributed by atoms with van der Waals surface area (Å²) in [6, 6.07) is 5.57. The molecule has 136 valence electrons. The van der Waals surface area contributed by atoms with Crippen LogP contribution >= 0.6 is 0 Å². The Morgan fingerprint density at radius 2 is 1.80 bits per heavy atom. The first kappa shape index (κ1) is 17.7. The zero-order chi connectivity index (χ0) is 18.2. The summed E-state index contributed by atoms with van der Waals surface area (Å²) in [7, 11) is -3.66. The average molecular weight is 375 g/mol. The molecular formula is C15H16F3N3O3S. The summed E-state index contributed by atoms with van der Waals surface area (Å²) < 4.78 is 63.7. The highest BCUT2D eigenvalue weighted by Crippen LogP contribution is 2.29. The largest absolute Gasteiger partial charge is 0.534 e. The van der Waals surface area contributed by atoms with E-state index >= 15 is 0 Å². The quantitative estimate of drug-likeness (QED) is 0.606. The molecule has 0 radical (unpaired) electrons. The van der Waals surface area contributed by atoms with Gasteiger partial charge in [-0.2, -0.15) is 21.6 Å². The molecule has 0 atom stereocenters. The van der Waals surface area contributed by atoms with Gasteiger partial charge in [-0.05, 0) is 31.3 Å². The summed E-state index contributed by atoms with van der Waals surface area (Å²) in [5.41, 5.74) is -4.10. The first-order valence-electron chi connectivity index (χ1n) is 7.50. The summed E-state index contributed by atoms with van der Waals surface area (Å²) in [6.07, 6.45) is 1.70. The zero-order valence-corrected chi connectivity index (χ0v) is 14.1. The molecule has 6 nitrogen and oxygen atoms in total. The SMILES string of the molecule is CN1CCN(c2cnc3ccc(OS(=O)(=O)C(F)(F)F)cc3c2)CC1. The van der Waals surface area contributed by atoms with Gasteiger partial charge in [0.2, 0.25) is 0 Å². The number of pyridine rings is 1. The summed E-state index contributed by atoms with van der Waals surface area (Å²) >= 11 is 0. The molecule has 1 aromatic heterocycles. The number of nitrogens with zero attached hydrogens (tertiary/aromatic N) is 3. The Hall–Kier alpha value is -2.07. The fraction of sp³-hybridized carbons (Fsp3) is 0.400. The number of likely N-dealkylation sites (N-methyl/N-ethyl adjacent to an activating group) is 1. The van der Waals surface area contributed by atoms with Crippen LogP contribution in [0.1, 0.15) is 0 Å². The number of piperazine rings is 1. The molecule has 1 fully saturated rings. The molecule has 10 heteroatoms. The normalized spacial score (nSPS) is 17.0. The highest BCUT2D eigenvalue weighted by atomic mass is 32.2. The van der Waals surface area contributed by atoms with Crippen molar-refractivity contribution in [2.45, 2.75) is 5.51 Å². The van der Waals surface area contributed by atoms with Crippen LogP contribution in [0.25, 0.3) is 10.9 Å². The molecule has 3 rings (SSSR count). The second kappa shape index (κ2) is 6.34. The molecule has 2 heterocycles. The van der Waals surface area contributed by atoms with Crippen molar-refractivity contribution in [2.75, 3.05) is 38.1 Å². The Kier molecular flexibility index (Phi) is 4.50. The maximum Gasteiger partial charge on any atom is 0.534 e. The first-order valence-corrected chi connectivity index (χ1v) is 8.91. The van der Waals surface area contributed by atoms with Crippen LogP contribution < -0.4 is 9.08 Å². The molecule has 0 amide bonds. The number of aromatic nitrogens is 1. The van der Waals surface area contributed by atoms with Crippen LogP contribution in [0.2, 0.25) is 0 Å². The summed E-state index contributed by atoms with van der Waals surface area (Å²) in [5, 5.41) is 0.506. The Bertz CT molecular complexity index is 878. The lowest BCUT2D eigenvalue weighted by atomic mass is 10.2. The molecule has 0 saturated carbocycles. The number of rotatable bonds is 3. The minimum atomic E-state index is -5.69. The lowest BCUT2D eigenvalue weighted by Crippen LogP contribution is -2.44. The Morgan fingerprint density at radius 1 is 1.12 bits per heavy atom. The van der Waals surface area contributed by atoms with E-state index in [2.05, 4.69) is 19.0 Å². The third-order valence-corrected chi connectivity index (χ3v) is 4.97. The molecule has 0 N–H and O–H groups in total. The third kappa shape index (κ3) is 3.79. The lowest BCUT2D eigenvalue weighted by Gasteiger charge is -2.33. The molecule has 1 aliphatic heterocycles. The molecule has 0 unspecified atom stereocenters. The number of halogens is 3. The average Bonchev–Trinajstić information content (AvgIpc) is 2.53. The van der Waals surface area contributed by atoms with Crippen molar-refractivity contribution in [1.29, 1.82) is 0 Å². The third-order valence-electron chi connectivity index (χ3n) is 4.00. The van der Waals surface area contributed by atoms with E-state index < -0.39 is 21.4 Å². The van der Waals surface area contributed by atoms with E-state index in [0.717, 1.165) is 37.9 Å². The number of alkyl halides is 3. The van der Waals surface area contributed by atoms with Crippen molar-refractivity contribution in [3.63, 3.8) is 0 Å². The standard InChI is InChI=1S/C15H16F3N3O3S/c1-20-4-6-21(7-5-20)12-8-11-9-13(2-3-14(11)19-10-12)24-25(22,23)15(16,17)18/h2-3,8-10H,4-7H2,1H3. The van der Waals surface area contributed by atoms with Gasteiger partial charge >= 0.3 is 15.6 Å². The lowest BCUT2D eigenvalue weighted by molar-refractivity contribution is -0.0500. The molecule has 0 aliphatic carbocycles. The molecule has 1 aliphatic rings. The molecule has 25 heavy (non-hydrogen) atoms. The maximum atomic E-state index is 12.4. The van der Waals surface area contributed by atoms with Crippen molar-refractivity contribution < 1.29 is 25.8 Å². The van der Waals surface area contributed by atoms with E-state index in [1.54, 1.807) is 12.3 Å². The second-order valence-electron chi connectivity index (χ2n) is 5.82. The van der Waals surface area contributed by atoms with Crippen LogP contribution in [-0.2, 0) is 10.1 Å². The van der Waals surface area contributed by atoms with Gasteiger partial charge in [0.1, 0.15) is 5.75 Å². The van der Waals surface area contributed by atoms with Crippen molar-refractivity contribution in [1.82, 2.24) is 9.88 Å². The molecule has 0 bridgehead atoms. The van der Waals surface area contributed by atoms with Gasteiger partial charge in [0.25, 0.3) is 0 Å². The van der Waals surface area contributed by atoms with Crippen LogP contribution in [0.3, 0.4) is 0 Å². The number of benzene rings is 1. The van der Waals surface area contributed by atoms with Crippen molar-refractivity contribution in [2.24, 2.45) is 0 Å². The van der Waals surface area contributed by atoms with Crippen LogP contribution in [0.15, 0.2) is 30.5 Å². The summed E-state index contributed by atoms with van der Waals surface area (Å²) in [4.78, 5) is 8.59. The van der Waals surface area contributed by atoms with Gasteiger partial charge in [-0.15, -0.1) is 0 Å². The molecular weight excluding hydrogens is 359 g/mol. The zero-order valence-electron chi connectivity index (χ0n) is 13.3. The fourth-order valence-corrected chi connectivity index (χ4v) is 3.01. The Labute approximate surface area is 142 Å². The monoisotopic (exact) mass is 375 g/mol. The number of fused-ring (bicyclic) bond motifs is 1. The van der Waals surface area contributed by atoms with Gasteiger partial charge in [-0.3, -0.25) is 4.98 Å². The minimum Gasteiger partial charge on any atom is -0.376 e. The highest BCUT2D eigenvalue weighted by molar-refractivity contribution is 7.88. The van der Waals surface area contributed by atoms with Crippen LogP contribution in [0.5, 0.6) is 5.75 Å². The molecule has 2 aromatic rings. The van der Waals surface area contributed by atoms with E-state index in [1.807, 2.05) is 7.05 Å². The van der Waals surface area contributed by atoms with E-state index in [1.165, 1.54) is 12.1 Å². The number of anilines is 1. The summed E-state index contributed by atoms with van der Waals surface area (Å²) in [5.74, 6) is -0.401.